The van der Waals surface area contributed by atoms with Gasteiger partial charge in [-0.25, -0.2) is 9.97 Å². The normalized spacial score (nSPS) is 12.8. The van der Waals surface area contributed by atoms with Crippen LogP contribution in [0.25, 0.3) is 0 Å². The van der Waals surface area contributed by atoms with Crippen LogP contribution in [-0.4, -0.2) is 21.1 Å². The van der Waals surface area contributed by atoms with Crippen molar-refractivity contribution in [1.29, 1.82) is 0 Å². The van der Waals surface area contributed by atoms with Gasteiger partial charge in [-0.05, 0) is 32.3 Å². The topological polar surface area (TPSA) is 25.8 Å². The van der Waals surface area contributed by atoms with Crippen LogP contribution >= 0.6 is 27.7 Å². The van der Waals surface area contributed by atoms with Crippen molar-refractivity contribution in [3.05, 3.63) is 17.0 Å². The van der Waals surface area contributed by atoms with Crippen LogP contribution in [0.5, 0.6) is 0 Å². The molecule has 0 spiro atoms. The number of aromatic nitrogens is 2. The lowest BCUT2D eigenvalue weighted by atomic mass is 10.2. The van der Waals surface area contributed by atoms with Crippen LogP contribution in [0.15, 0.2) is 5.16 Å². The van der Waals surface area contributed by atoms with Crippen LogP contribution in [0, 0.1) is 26.7 Å². The van der Waals surface area contributed by atoms with Crippen molar-refractivity contribution in [1.82, 2.24) is 9.97 Å². The molecule has 16 heavy (non-hydrogen) atoms. The molecule has 1 unspecified atom stereocenters. The Bertz CT molecular complexity index is 328. The van der Waals surface area contributed by atoms with Gasteiger partial charge in [0, 0.05) is 22.5 Å². The monoisotopic (exact) mass is 302 g/mol. The molecule has 1 heterocycles. The Labute approximate surface area is 111 Å². The molecule has 0 saturated heterocycles. The third-order valence-corrected chi connectivity index (χ3v) is 4.85. The van der Waals surface area contributed by atoms with Gasteiger partial charge in [0.1, 0.15) is 0 Å². The first-order chi connectivity index (χ1) is 7.58. The van der Waals surface area contributed by atoms with Gasteiger partial charge in [-0.15, -0.1) is 0 Å². The SMILES string of the molecule is CCC(CBr)CSc1nc(C)c(C)c(C)n1. The summed E-state index contributed by atoms with van der Waals surface area (Å²) in [5.74, 6) is 1.79. The van der Waals surface area contributed by atoms with Crippen LogP contribution in [0.3, 0.4) is 0 Å². The predicted octanol–water partition coefficient (Wildman–Crippen LogP) is 3.92. The molecule has 1 aromatic heterocycles. The van der Waals surface area contributed by atoms with Crippen molar-refractivity contribution in [2.24, 2.45) is 5.92 Å². The number of aryl methyl sites for hydroxylation is 2. The Kier molecular flexibility index (Phi) is 5.76. The van der Waals surface area contributed by atoms with E-state index in [1.165, 1.54) is 12.0 Å². The van der Waals surface area contributed by atoms with Crippen LogP contribution < -0.4 is 0 Å². The molecule has 1 aromatic rings. The van der Waals surface area contributed by atoms with Crippen molar-refractivity contribution >= 4 is 27.7 Å². The quantitative estimate of drug-likeness (QED) is 0.468. The second-order valence-corrected chi connectivity index (χ2v) is 5.68. The molecule has 90 valence electrons. The minimum atomic E-state index is 0.704. The smallest absolute Gasteiger partial charge is 0.188 e. The number of hydrogen-bond donors (Lipinski definition) is 0. The highest BCUT2D eigenvalue weighted by molar-refractivity contribution is 9.09. The molecule has 0 aliphatic rings. The van der Waals surface area contributed by atoms with Gasteiger partial charge in [0.15, 0.2) is 5.16 Å². The summed E-state index contributed by atoms with van der Waals surface area (Å²) in [6, 6.07) is 0. The first-order valence-corrected chi connectivity index (χ1v) is 7.69. The third kappa shape index (κ3) is 3.74. The van der Waals surface area contributed by atoms with Crippen LogP contribution in [0.2, 0.25) is 0 Å². The van der Waals surface area contributed by atoms with Crippen LogP contribution in [0.1, 0.15) is 30.3 Å². The fourth-order valence-corrected chi connectivity index (χ4v) is 3.40. The highest BCUT2D eigenvalue weighted by Gasteiger charge is 2.09. The van der Waals surface area contributed by atoms with Crippen molar-refractivity contribution < 1.29 is 0 Å². The first kappa shape index (κ1) is 14.0. The van der Waals surface area contributed by atoms with E-state index in [0.717, 1.165) is 27.6 Å². The Morgan fingerprint density at radius 1 is 1.19 bits per heavy atom. The van der Waals surface area contributed by atoms with Crippen molar-refractivity contribution in [3.8, 4) is 0 Å². The highest BCUT2D eigenvalue weighted by Crippen LogP contribution is 2.21. The van der Waals surface area contributed by atoms with E-state index in [1.54, 1.807) is 11.8 Å². The fraction of sp³-hybridized carbons (Fsp3) is 0.667. The standard InChI is InChI=1S/C12H19BrN2S/c1-5-11(6-13)7-16-12-14-9(3)8(2)10(4)15-12/h11H,5-7H2,1-4H3. The number of halogens is 1. The molecular formula is C12H19BrN2S. The summed E-state index contributed by atoms with van der Waals surface area (Å²) in [6.45, 7) is 8.40. The van der Waals surface area contributed by atoms with Crippen LogP contribution in [0.4, 0.5) is 0 Å². The minimum absolute atomic E-state index is 0.704. The minimum Gasteiger partial charge on any atom is -0.228 e. The largest absolute Gasteiger partial charge is 0.228 e. The first-order valence-electron chi connectivity index (χ1n) is 5.59. The van der Waals surface area contributed by atoms with E-state index in [1.807, 2.05) is 0 Å². The van der Waals surface area contributed by atoms with Gasteiger partial charge in [0.25, 0.3) is 0 Å². The van der Waals surface area contributed by atoms with Crippen molar-refractivity contribution in [2.45, 2.75) is 39.3 Å². The van der Waals surface area contributed by atoms with Gasteiger partial charge >= 0.3 is 0 Å². The number of hydrogen-bond acceptors (Lipinski definition) is 3. The van der Waals surface area contributed by atoms with Gasteiger partial charge < -0.3 is 0 Å². The van der Waals surface area contributed by atoms with Gasteiger partial charge in [0.2, 0.25) is 0 Å². The Balaban J connectivity index is 2.68. The predicted molar refractivity (Wildman–Crippen MR) is 74.5 cm³/mol. The maximum Gasteiger partial charge on any atom is 0.188 e. The molecule has 0 aromatic carbocycles. The zero-order valence-corrected chi connectivity index (χ0v) is 12.8. The molecule has 2 nitrogen and oxygen atoms in total. The van der Waals surface area contributed by atoms with Crippen molar-refractivity contribution in [2.75, 3.05) is 11.1 Å². The summed E-state index contributed by atoms with van der Waals surface area (Å²) >= 11 is 5.30. The zero-order chi connectivity index (χ0) is 12.1. The third-order valence-electron chi connectivity index (χ3n) is 2.86. The lowest BCUT2D eigenvalue weighted by Crippen LogP contribution is -2.05. The fourth-order valence-electron chi connectivity index (χ4n) is 1.27. The number of alkyl halides is 1. The van der Waals surface area contributed by atoms with Crippen molar-refractivity contribution in [3.63, 3.8) is 0 Å². The van der Waals surface area contributed by atoms with Gasteiger partial charge in [0.05, 0.1) is 0 Å². The average Bonchev–Trinajstić information content (AvgIpc) is 2.27. The van der Waals surface area contributed by atoms with E-state index in [-0.39, 0.29) is 0 Å². The molecule has 0 bridgehead atoms. The summed E-state index contributed by atoms with van der Waals surface area (Å²) in [5, 5.41) is 1.97. The maximum absolute atomic E-state index is 4.51. The summed E-state index contributed by atoms with van der Waals surface area (Å²) in [6.07, 6.45) is 1.20. The van der Waals surface area contributed by atoms with E-state index in [4.69, 9.17) is 0 Å². The average molecular weight is 303 g/mol. The second-order valence-electron chi connectivity index (χ2n) is 4.04. The molecular weight excluding hydrogens is 284 g/mol. The lowest BCUT2D eigenvalue weighted by molar-refractivity contribution is 0.651. The van der Waals surface area contributed by atoms with Gasteiger partial charge in [-0.2, -0.15) is 0 Å². The Morgan fingerprint density at radius 3 is 2.19 bits per heavy atom. The van der Waals surface area contributed by atoms with E-state index in [9.17, 15) is 0 Å². The van der Waals surface area contributed by atoms with E-state index >= 15 is 0 Å². The molecule has 0 saturated carbocycles. The molecule has 0 aliphatic heterocycles. The molecule has 0 aliphatic carbocycles. The number of thioether (sulfide) groups is 1. The lowest BCUT2D eigenvalue weighted by Gasteiger charge is -2.11. The van der Waals surface area contributed by atoms with Gasteiger partial charge in [-0.3, -0.25) is 0 Å². The Morgan fingerprint density at radius 2 is 1.75 bits per heavy atom. The molecule has 0 N–H and O–H groups in total. The highest BCUT2D eigenvalue weighted by atomic mass is 79.9. The van der Waals surface area contributed by atoms with E-state index in [0.29, 0.717) is 5.92 Å². The second kappa shape index (κ2) is 6.60. The summed E-state index contributed by atoms with van der Waals surface area (Å²) in [7, 11) is 0. The molecule has 4 heteroatoms. The van der Waals surface area contributed by atoms with Gasteiger partial charge in [-0.1, -0.05) is 41.0 Å². The number of rotatable bonds is 5. The Hall–Kier alpha value is -0.0900. The molecule has 1 atom stereocenters. The van der Waals surface area contributed by atoms with Crippen LogP contribution in [-0.2, 0) is 0 Å². The zero-order valence-electron chi connectivity index (χ0n) is 10.4. The molecule has 0 amide bonds. The van der Waals surface area contributed by atoms with E-state index in [2.05, 4.69) is 53.6 Å². The summed E-state index contributed by atoms with van der Waals surface area (Å²) in [4.78, 5) is 9.02. The summed E-state index contributed by atoms with van der Waals surface area (Å²) < 4.78 is 0. The maximum atomic E-state index is 4.51. The molecule has 1 rings (SSSR count). The molecule has 0 fully saturated rings. The van der Waals surface area contributed by atoms with E-state index < -0.39 is 0 Å². The summed E-state index contributed by atoms with van der Waals surface area (Å²) in [5.41, 5.74) is 3.40. The number of nitrogens with zero attached hydrogens (tertiary/aromatic N) is 2. The molecule has 0 radical (unpaired) electrons.